The summed E-state index contributed by atoms with van der Waals surface area (Å²) < 4.78 is 0. The third kappa shape index (κ3) is 2.17. The van der Waals surface area contributed by atoms with Crippen LogP contribution in [0.2, 0.25) is 0 Å². The van der Waals surface area contributed by atoms with Crippen LogP contribution in [0.5, 0.6) is 0 Å². The second kappa shape index (κ2) is 3.69. The van der Waals surface area contributed by atoms with Crippen LogP contribution in [0.25, 0.3) is 0 Å². The number of primary amides is 1. The van der Waals surface area contributed by atoms with E-state index in [2.05, 4.69) is 5.32 Å². The Morgan fingerprint density at radius 3 is 2.91 bits per heavy atom. The zero-order valence-electron chi connectivity index (χ0n) is 6.42. The molecule has 0 aromatic heterocycles. The Bertz CT molecular complexity index is 143. The Hall–Kier alpha value is -0.610. The van der Waals surface area contributed by atoms with E-state index in [9.17, 15) is 9.90 Å². The van der Waals surface area contributed by atoms with Crippen LogP contribution in [0.3, 0.4) is 0 Å². The van der Waals surface area contributed by atoms with Gasteiger partial charge in [-0.05, 0) is 19.4 Å². The van der Waals surface area contributed by atoms with Crippen molar-refractivity contribution in [1.29, 1.82) is 0 Å². The number of hydrogen-bond donors (Lipinski definition) is 3. The van der Waals surface area contributed by atoms with E-state index < -0.39 is 12.0 Å². The van der Waals surface area contributed by atoms with Crippen molar-refractivity contribution in [3.05, 3.63) is 0 Å². The molecule has 1 heterocycles. The summed E-state index contributed by atoms with van der Waals surface area (Å²) in [6.45, 7) is 1.67. The van der Waals surface area contributed by atoms with Gasteiger partial charge in [0.1, 0.15) is 6.10 Å². The molecular formula is C7H14N2O2. The molecule has 1 fully saturated rings. The highest BCUT2D eigenvalue weighted by molar-refractivity contribution is 5.78. The number of amides is 1. The second-order valence-corrected chi connectivity index (χ2v) is 2.95. The van der Waals surface area contributed by atoms with Gasteiger partial charge in [-0.25, -0.2) is 0 Å². The largest absolute Gasteiger partial charge is 0.383 e. The molecule has 1 rings (SSSR count). The van der Waals surface area contributed by atoms with Gasteiger partial charge in [0.2, 0.25) is 5.91 Å². The van der Waals surface area contributed by atoms with E-state index in [4.69, 9.17) is 5.73 Å². The normalized spacial score (nSPS) is 27.9. The van der Waals surface area contributed by atoms with Gasteiger partial charge in [-0.1, -0.05) is 0 Å². The molecule has 4 nitrogen and oxygen atoms in total. The van der Waals surface area contributed by atoms with Crippen LogP contribution >= 0.6 is 0 Å². The summed E-state index contributed by atoms with van der Waals surface area (Å²) in [4.78, 5) is 10.5. The van der Waals surface area contributed by atoms with E-state index in [0.717, 1.165) is 19.4 Å². The van der Waals surface area contributed by atoms with E-state index in [0.29, 0.717) is 6.54 Å². The van der Waals surface area contributed by atoms with Crippen molar-refractivity contribution in [3.63, 3.8) is 0 Å². The summed E-state index contributed by atoms with van der Waals surface area (Å²) >= 11 is 0. The number of aliphatic hydroxyl groups excluding tert-OH is 1. The van der Waals surface area contributed by atoms with Gasteiger partial charge in [-0.15, -0.1) is 0 Å². The van der Waals surface area contributed by atoms with Gasteiger partial charge >= 0.3 is 0 Å². The first-order valence-electron chi connectivity index (χ1n) is 3.90. The van der Waals surface area contributed by atoms with Crippen molar-refractivity contribution in [2.45, 2.75) is 18.9 Å². The quantitative estimate of drug-likeness (QED) is 0.474. The lowest BCUT2D eigenvalue weighted by molar-refractivity contribution is -0.129. The smallest absolute Gasteiger partial charge is 0.246 e. The molecule has 0 aromatic carbocycles. The minimum atomic E-state index is -0.970. The summed E-state index contributed by atoms with van der Waals surface area (Å²) in [5, 5.41) is 12.3. The van der Waals surface area contributed by atoms with E-state index in [1.165, 1.54) is 0 Å². The Balaban J connectivity index is 2.38. The predicted octanol–water partition coefficient (Wildman–Crippen LogP) is -1.17. The zero-order chi connectivity index (χ0) is 8.27. The Kier molecular flexibility index (Phi) is 2.84. The number of aliphatic hydroxyl groups is 1. The van der Waals surface area contributed by atoms with Crippen LogP contribution in [-0.2, 0) is 4.79 Å². The van der Waals surface area contributed by atoms with Crippen LogP contribution < -0.4 is 11.1 Å². The van der Waals surface area contributed by atoms with Crippen molar-refractivity contribution in [2.24, 2.45) is 11.7 Å². The van der Waals surface area contributed by atoms with Gasteiger partial charge in [-0.2, -0.15) is 0 Å². The topological polar surface area (TPSA) is 75.4 Å². The molecule has 0 saturated carbocycles. The molecule has 0 spiro atoms. The van der Waals surface area contributed by atoms with Gasteiger partial charge in [0, 0.05) is 12.5 Å². The Morgan fingerprint density at radius 2 is 2.45 bits per heavy atom. The van der Waals surface area contributed by atoms with Gasteiger partial charge < -0.3 is 16.2 Å². The zero-order valence-corrected chi connectivity index (χ0v) is 6.42. The molecule has 11 heavy (non-hydrogen) atoms. The molecule has 0 aliphatic carbocycles. The van der Waals surface area contributed by atoms with Crippen LogP contribution in [0.15, 0.2) is 0 Å². The van der Waals surface area contributed by atoms with Crippen LogP contribution in [0.1, 0.15) is 12.8 Å². The lowest BCUT2D eigenvalue weighted by Crippen LogP contribution is -2.43. The van der Waals surface area contributed by atoms with Gasteiger partial charge in [-0.3, -0.25) is 4.79 Å². The van der Waals surface area contributed by atoms with Gasteiger partial charge in [0.15, 0.2) is 0 Å². The summed E-state index contributed by atoms with van der Waals surface area (Å²) in [6.07, 6.45) is 0.925. The maximum Gasteiger partial charge on any atom is 0.246 e. The second-order valence-electron chi connectivity index (χ2n) is 2.95. The van der Waals surface area contributed by atoms with Crippen LogP contribution in [0.4, 0.5) is 0 Å². The molecule has 1 aliphatic rings. The molecule has 64 valence electrons. The molecule has 0 bridgehead atoms. The molecule has 0 unspecified atom stereocenters. The highest BCUT2D eigenvalue weighted by Crippen LogP contribution is 2.13. The van der Waals surface area contributed by atoms with Crippen molar-refractivity contribution >= 4 is 5.91 Å². The summed E-state index contributed by atoms with van der Waals surface area (Å²) in [7, 11) is 0. The molecule has 2 atom stereocenters. The molecule has 0 radical (unpaired) electrons. The van der Waals surface area contributed by atoms with Crippen molar-refractivity contribution in [1.82, 2.24) is 5.32 Å². The molecule has 4 heteroatoms. The number of piperidine rings is 1. The molecular weight excluding hydrogens is 144 g/mol. The summed E-state index contributed by atoms with van der Waals surface area (Å²) in [5.74, 6) is -0.597. The number of nitrogens with one attached hydrogen (secondary N) is 1. The van der Waals surface area contributed by atoms with Gasteiger partial charge in [0.25, 0.3) is 0 Å². The average Bonchev–Trinajstić information content (AvgIpc) is 2.05. The third-order valence-corrected chi connectivity index (χ3v) is 2.07. The minimum Gasteiger partial charge on any atom is -0.383 e. The Labute approximate surface area is 65.8 Å². The maximum atomic E-state index is 10.5. The average molecular weight is 158 g/mol. The Morgan fingerprint density at radius 1 is 1.73 bits per heavy atom. The van der Waals surface area contributed by atoms with Crippen molar-refractivity contribution < 1.29 is 9.90 Å². The maximum absolute atomic E-state index is 10.5. The lowest BCUT2D eigenvalue weighted by atomic mass is 9.93. The fourth-order valence-corrected chi connectivity index (χ4v) is 1.38. The molecule has 4 N–H and O–H groups in total. The fraction of sp³-hybridized carbons (Fsp3) is 0.857. The first-order chi connectivity index (χ1) is 5.22. The van der Waals surface area contributed by atoms with Crippen LogP contribution in [-0.4, -0.2) is 30.2 Å². The fourth-order valence-electron chi connectivity index (χ4n) is 1.38. The van der Waals surface area contributed by atoms with Crippen LogP contribution in [0, 0.1) is 5.92 Å². The van der Waals surface area contributed by atoms with Crippen molar-refractivity contribution in [2.75, 3.05) is 13.1 Å². The molecule has 1 saturated heterocycles. The standard InChI is InChI=1S/C7H14N2O2/c8-7(11)6(10)5-2-1-3-9-4-5/h5-6,9-10H,1-4H2,(H2,8,11)/t5-,6-/m1/s1. The number of nitrogens with two attached hydrogens (primary N) is 1. The molecule has 1 aliphatic heterocycles. The summed E-state index contributed by atoms with van der Waals surface area (Å²) in [5.41, 5.74) is 4.95. The van der Waals surface area contributed by atoms with E-state index in [-0.39, 0.29) is 5.92 Å². The van der Waals surface area contributed by atoms with E-state index in [1.807, 2.05) is 0 Å². The minimum absolute atomic E-state index is 0.0150. The number of hydrogen-bond acceptors (Lipinski definition) is 3. The SMILES string of the molecule is NC(=O)[C@H](O)[C@@H]1CCCNC1. The monoisotopic (exact) mass is 158 g/mol. The number of carbonyl (C=O) groups excluding carboxylic acids is 1. The molecule has 1 amide bonds. The van der Waals surface area contributed by atoms with E-state index >= 15 is 0 Å². The van der Waals surface area contributed by atoms with Gasteiger partial charge in [0.05, 0.1) is 0 Å². The first-order valence-corrected chi connectivity index (χ1v) is 3.90. The van der Waals surface area contributed by atoms with Crippen molar-refractivity contribution in [3.8, 4) is 0 Å². The number of carbonyl (C=O) groups is 1. The number of rotatable bonds is 2. The predicted molar refractivity (Wildman–Crippen MR) is 40.8 cm³/mol. The highest BCUT2D eigenvalue weighted by atomic mass is 16.3. The third-order valence-electron chi connectivity index (χ3n) is 2.07. The summed E-state index contributed by atoms with van der Waals surface area (Å²) in [6, 6.07) is 0. The highest BCUT2D eigenvalue weighted by Gasteiger charge is 2.25. The van der Waals surface area contributed by atoms with E-state index in [1.54, 1.807) is 0 Å². The first kappa shape index (κ1) is 8.49. The lowest BCUT2D eigenvalue weighted by Gasteiger charge is -2.25. The molecule has 0 aromatic rings.